The minimum Gasteiger partial charge on any atom is -0.368 e. The van der Waals surface area contributed by atoms with Crippen molar-refractivity contribution in [1.29, 1.82) is 0 Å². The molecule has 0 aromatic carbocycles. The summed E-state index contributed by atoms with van der Waals surface area (Å²) in [6, 6.07) is 0. The van der Waals surface area contributed by atoms with Gasteiger partial charge in [0.2, 0.25) is 11.9 Å². The van der Waals surface area contributed by atoms with E-state index >= 15 is 0 Å². The van der Waals surface area contributed by atoms with Crippen molar-refractivity contribution < 1.29 is 0 Å². The average molecular weight is 191 g/mol. The van der Waals surface area contributed by atoms with Gasteiger partial charge in [-0.25, -0.2) is 0 Å². The first kappa shape index (κ1) is 7.96. The number of nitrogens with two attached hydrogens (primary N) is 2. The minimum absolute atomic E-state index is 0.248. The maximum Gasteiger partial charge on any atom is 0.225 e. The number of fused-ring (bicyclic) bond motifs is 1. The number of anilines is 2. The molecule has 0 saturated heterocycles. The fraction of sp³-hybridized carbons (Fsp3) is 0.667. The van der Waals surface area contributed by atoms with Gasteiger partial charge >= 0.3 is 0 Å². The Morgan fingerprint density at radius 1 is 0.929 bits per heavy atom. The minimum atomic E-state index is 0.248. The van der Waals surface area contributed by atoms with Gasteiger partial charge in [-0.3, -0.25) is 0 Å². The van der Waals surface area contributed by atoms with Gasteiger partial charge in [-0.1, -0.05) is 6.42 Å². The first-order valence-corrected chi connectivity index (χ1v) is 5.02. The van der Waals surface area contributed by atoms with E-state index in [1.807, 2.05) is 0 Å². The van der Waals surface area contributed by atoms with Gasteiger partial charge in [0, 0.05) is 5.92 Å². The van der Waals surface area contributed by atoms with E-state index in [9.17, 15) is 0 Å². The Hall–Kier alpha value is -1.39. The predicted octanol–water partition coefficient (Wildman–Crippen LogP) is 0.549. The number of nitrogens with zero attached hydrogens (tertiary/aromatic N) is 3. The molecule has 1 aromatic rings. The monoisotopic (exact) mass is 191 g/mol. The van der Waals surface area contributed by atoms with Crippen molar-refractivity contribution in [1.82, 2.24) is 15.0 Å². The number of rotatable bonds is 1. The molecular weight excluding hydrogens is 178 g/mol. The second-order valence-corrected chi connectivity index (χ2v) is 4.19. The number of nitrogen functional groups attached to an aromatic ring is 2. The third kappa shape index (κ3) is 1.05. The van der Waals surface area contributed by atoms with Crippen molar-refractivity contribution in [2.45, 2.75) is 25.2 Å². The molecule has 4 N–H and O–H groups in total. The van der Waals surface area contributed by atoms with E-state index in [4.69, 9.17) is 11.5 Å². The lowest BCUT2D eigenvalue weighted by atomic mass is 10.1. The van der Waals surface area contributed by atoms with Gasteiger partial charge in [-0.05, 0) is 24.7 Å². The summed E-state index contributed by atoms with van der Waals surface area (Å²) < 4.78 is 0. The van der Waals surface area contributed by atoms with Crippen LogP contribution >= 0.6 is 0 Å². The maximum absolute atomic E-state index is 5.53. The van der Waals surface area contributed by atoms with Crippen molar-refractivity contribution in [2.75, 3.05) is 11.5 Å². The Morgan fingerprint density at radius 2 is 1.50 bits per heavy atom. The fourth-order valence-electron chi connectivity index (χ4n) is 2.78. The molecule has 5 nitrogen and oxygen atoms in total. The van der Waals surface area contributed by atoms with Gasteiger partial charge in [0.05, 0.1) is 0 Å². The summed E-state index contributed by atoms with van der Waals surface area (Å²) in [5.41, 5.74) is 11.1. The molecule has 0 radical (unpaired) electrons. The van der Waals surface area contributed by atoms with Crippen molar-refractivity contribution in [3.63, 3.8) is 0 Å². The Labute approximate surface area is 81.9 Å². The molecule has 5 heteroatoms. The van der Waals surface area contributed by atoms with Crippen molar-refractivity contribution in [2.24, 2.45) is 11.8 Å². The van der Waals surface area contributed by atoms with E-state index in [1.54, 1.807) is 0 Å². The third-order valence-corrected chi connectivity index (χ3v) is 3.39. The standard InChI is InChI=1S/C9H13N5/c10-8-12-7(13-9(11)14-8)6-4-2-1-3-5(4)6/h4-6H,1-3H2,(H4,10,11,12,13,14). The van der Waals surface area contributed by atoms with E-state index in [2.05, 4.69) is 15.0 Å². The molecule has 2 aliphatic carbocycles. The second-order valence-electron chi connectivity index (χ2n) is 4.19. The summed E-state index contributed by atoms with van der Waals surface area (Å²) in [5, 5.41) is 0. The van der Waals surface area contributed by atoms with E-state index in [0.29, 0.717) is 5.92 Å². The zero-order valence-electron chi connectivity index (χ0n) is 7.85. The summed E-state index contributed by atoms with van der Waals surface area (Å²) >= 11 is 0. The van der Waals surface area contributed by atoms with Crippen LogP contribution < -0.4 is 11.5 Å². The van der Waals surface area contributed by atoms with Crippen LogP contribution in [0.15, 0.2) is 0 Å². The van der Waals surface area contributed by atoms with Gasteiger partial charge in [0.15, 0.2) is 0 Å². The molecule has 3 rings (SSSR count). The van der Waals surface area contributed by atoms with Crippen LogP contribution in [0.5, 0.6) is 0 Å². The summed E-state index contributed by atoms with van der Waals surface area (Å²) in [6.45, 7) is 0. The highest BCUT2D eigenvalue weighted by molar-refractivity contribution is 5.30. The topological polar surface area (TPSA) is 90.7 Å². The fourth-order valence-corrected chi connectivity index (χ4v) is 2.78. The second kappa shape index (κ2) is 2.56. The van der Waals surface area contributed by atoms with Crippen LogP contribution in [0.1, 0.15) is 31.0 Å². The first-order valence-electron chi connectivity index (χ1n) is 5.02. The van der Waals surface area contributed by atoms with Crippen LogP contribution in [0, 0.1) is 11.8 Å². The van der Waals surface area contributed by atoms with Crippen LogP contribution in [0.3, 0.4) is 0 Å². The van der Waals surface area contributed by atoms with Crippen molar-refractivity contribution in [3.8, 4) is 0 Å². The Bertz CT molecular complexity index is 347. The molecular formula is C9H13N5. The molecule has 74 valence electrons. The zero-order valence-corrected chi connectivity index (χ0v) is 7.85. The molecule has 0 aliphatic heterocycles. The van der Waals surface area contributed by atoms with Crippen LogP contribution in [-0.2, 0) is 0 Å². The lowest BCUT2D eigenvalue weighted by Crippen LogP contribution is -2.07. The normalized spacial score (nSPS) is 34.1. The quantitative estimate of drug-likeness (QED) is 0.676. The molecule has 2 aliphatic rings. The largest absolute Gasteiger partial charge is 0.368 e. The Balaban J connectivity index is 1.91. The van der Waals surface area contributed by atoms with Crippen LogP contribution in [0.25, 0.3) is 0 Å². The highest BCUT2D eigenvalue weighted by Gasteiger charge is 2.54. The maximum atomic E-state index is 5.53. The molecule has 0 bridgehead atoms. The first-order chi connectivity index (χ1) is 6.75. The highest BCUT2D eigenvalue weighted by atomic mass is 15.1. The lowest BCUT2D eigenvalue weighted by molar-refractivity contribution is 0.657. The molecule has 2 fully saturated rings. The Kier molecular flexibility index (Phi) is 1.45. The van der Waals surface area contributed by atoms with Crippen molar-refractivity contribution in [3.05, 3.63) is 5.82 Å². The molecule has 2 atom stereocenters. The van der Waals surface area contributed by atoms with Crippen LogP contribution in [-0.4, -0.2) is 15.0 Å². The zero-order chi connectivity index (χ0) is 9.71. The molecule has 14 heavy (non-hydrogen) atoms. The van der Waals surface area contributed by atoms with Crippen molar-refractivity contribution >= 4 is 11.9 Å². The number of aromatic nitrogens is 3. The smallest absolute Gasteiger partial charge is 0.225 e. The predicted molar refractivity (Wildman–Crippen MR) is 52.2 cm³/mol. The average Bonchev–Trinajstić information content (AvgIpc) is 2.59. The van der Waals surface area contributed by atoms with Gasteiger partial charge in [0.25, 0.3) is 0 Å². The van der Waals surface area contributed by atoms with E-state index in [-0.39, 0.29) is 11.9 Å². The van der Waals surface area contributed by atoms with Crippen LogP contribution in [0.2, 0.25) is 0 Å². The van der Waals surface area contributed by atoms with E-state index < -0.39 is 0 Å². The van der Waals surface area contributed by atoms with E-state index in [0.717, 1.165) is 17.7 Å². The highest BCUT2D eigenvalue weighted by Crippen LogP contribution is 2.62. The van der Waals surface area contributed by atoms with E-state index in [1.165, 1.54) is 19.3 Å². The molecule has 2 saturated carbocycles. The summed E-state index contributed by atoms with van der Waals surface area (Å²) in [6.07, 6.45) is 3.96. The summed E-state index contributed by atoms with van der Waals surface area (Å²) in [7, 11) is 0. The Morgan fingerprint density at radius 3 is 2.07 bits per heavy atom. The molecule has 1 aromatic heterocycles. The number of hydrogen-bond acceptors (Lipinski definition) is 5. The van der Waals surface area contributed by atoms with Gasteiger partial charge in [-0.2, -0.15) is 15.0 Å². The summed E-state index contributed by atoms with van der Waals surface area (Å²) in [5.74, 6) is 3.39. The van der Waals surface area contributed by atoms with Gasteiger partial charge in [-0.15, -0.1) is 0 Å². The van der Waals surface area contributed by atoms with Gasteiger partial charge < -0.3 is 11.5 Å². The SMILES string of the molecule is Nc1nc(N)nc(C2C3CCCC32)n1. The molecule has 0 amide bonds. The molecule has 2 unspecified atom stereocenters. The third-order valence-electron chi connectivity index (χ3n) is 3.39. The number of hydrogen-bond donors (Lipinski definition) is 2. The van der Waals surface area contributed by atoms with Crippen LogP contribution in [0.4, 0.5) is 11.9 Å². The summed E-state index contributed by atoms with van der Waals surface area (Å²) in [4.78, 5) is 12.1. The molecule has 0 spiro atoms. The molecule has 1 heterocycles. The van der Waals surface area contributed by atoms with Gasteiger partial charge in [0.1, 0.15) is 5.82 Å². The lowest BCUT2D eigenvalue weighted by Gasteiger charge is -2.03.